The van der Waals surface area contributed by atoms with Crippen molar-refractivity contribution in [3.05, 3.63) is 131 Å². The predicted octanol–water partition coefficient (Wildman–Crippen LogP) is 7.39. The summed E-state index contributed by atoms with van der Waals surface area (Å²) in [7, 11) is 1.79. The quantitative estimate of drug-likeness (QED) is 0.260. The fraction of sp³-hybridized carbons (Fsp3) is 0.235. The highest BCUT2D eigenvalue weighted by Crippen LogP contribution is 2.32. The Balaban J connectivity index is 1.18. The Hall–Kier alpha value is -3.50. The summed E-state index contributed by atoms with van der Waals surface area (Å²) in [6.07, 6.45) is 1.12. The van der Waals surface area contributed by atoms with Crippen molar-refractivity contribution in [2.75, 3.05) is 20.2 Å². The third-order valence-electron chi connectivity index (χ3n) is 7.68. The molecular formula is C34H33NO2. The number of methoxy groups -OCH3 is 1. The van der Waals surface area contributed by atoms with Gasteiger partial charge in [0.1, 0.15) is 6.10 Å². The summed E-state index contributed by atoms with van der Waals surface area (Å²) in [5, 5.41) is 8.54. The number of piperidine rings is 1. The summed E-state index contributed by atoms with van der Waals surface area (Å²) in [6.45, 7) is 2.51. The van der Waals surface area contributed by atoms with Gasteiger partial charge in [0.2, 0.25) is 0 Å². The van der Waals surface area contributed by atoms with Crippen molar-refractivity contribution in [2.24, 2.45) is 0 Å². The van der Waals surface area contributed by atoms with Gasteiger partial charge in [0.25, 0.3) is 0 Å². The molecule has 5 aromatic rings. The fourth-order valence-electron chi connectivity index (χ4n) is 5.67. The van der Waals surface area contributed by atoms with E-state index in [0.29, 0.717) is 12.5 Å². The molecule has 1 aliphatic heterocycles. The zero-order valence-electron chi connectivity index (χ0n) is 21.3. The number of nitrogens with one attached hydrogen (secondary N) is 1. The van der Waals surface area contributed by atoms with E-state index in [1.54, 1.807) is 7.11 Å². The van der Waals surface area contributed by atoms with Gasteiger partial charge >= 0.3 is 0 Å². The first kappa shape index (κ1) is 23.9. The molecule has 0 aliphatic carbocycles. The van der Waals surface area contributed by atoms with Crippen molar-refractivity contribution in [3.8, 4) is 0 Å². The summed E-state index contributed by atoms with van der Waals surface area (Å²) in [5.74, 6) is 0.373. The van der Waals surface area contributed by atoms with Gasteiger partial charge < -0.3 is 14.8 Å². The average molecular weight is 488 g/mol. The van der Waals surface area contributed by atoms with Crippen molar-refractivity contribution in [1.82, 2.24) is 5.32 Å². The van der Waals surface area contributed by atoms with Gasteiger partial charge in [0.05, 0.1) is 12.7 Å². The zero-order valence-corrected chi connectivity index (χ0v) is 21.3. The van der Waals surface area contributed by atoms with Gasteiger partial charge in [0.15, 0.2) is 0 Å². The van der Waals surface area contributed by atoms with Gasteiger partial charge in [-0.15, -0.1) is 0 Å². The van der Waals surface area contributed by atoms with E-state index in [0.717, 1.165) is 19.5 Å². The summed E-state index contributed by atoms with van der Waals surface area (Å²) in [4.78, 5) is 0. The van der Waals surface area contributed by atoms with Gasteiger partial charge in [-0.1, -0.05) is 97.1 Å². The lowest BCUT2D eigenvalue weighted by molar-refractivity contribution is 0.0106. The number of ether oxygens (including phenoxy) is 2. The second-order valence-electron chi connectivity index (χ2n) is 10.0. The highest BCUT2D eigenvalue weighted by Gasteiger charge is 2.27. The lowest BCUT2D eigenvalue weighted by atomic mass is 9.86. The van der Waals surface area contributed by atoms with Crippen molar-refractivity contribution in [3.63, 3.8) is 0 Å². The molecule has 1 saturated heterocycles. The van der Waals surface area contributed by atoms with Crippen LogP contribution >= 0.6 is 0 Å². The molecule has 3 atom stereocenters. The molecule has 3 unspecified atom stereocenters. The Bertz CT molecular complexity index is 1490. The second-order valence-corrected chi connectivity index (χ2v) is 10.0. The summed E-state index contributed by atoms with van der Waals surface area (Å²) < 4.78 is 12.5. The molecule has 0 aromatic heterocycles. The summed E-state index contributed by atoms with van der Waals surface area (Å²) in [5.41, 5.74) is 4.90. The van der Waals surface area contributed by atoms with Crippen molar-refractivity contribution in [2.45, 2.75) is 31.2 Å². The molecule has 0 saturated carbocycles. The number of hydrogen-bond acceptors (Lipinski definition) is 3. The Morgan fingerprint density at radius 1 is 0.730 bits per heavy atom. The minimum Gasteiger partial charge on any atom is -0.372 e. The number of hydrogen-bond donors (Lipinski definition) is 1. The topological polar surface area (TPSA) is 30.5 Å². The monoisotopic (exact) mass is 487 g/mol. The van der Waals surface area contributed by atoms with Gasteiger partial charge in [-0.2, -0.15) is 0 Å². The van der Waals surface area contributed by atoms with Crippen LogP contribution in [-0.4, -0.2) is 26.3 Å². The van der Waals surface area contributed by atoms with Gasteiger partial charge in [-0.3, -0.25) is 0 Å². The van der Waals surface area contributed by atoms with Crippen LogP contribution in [0.15, 0.2) is 109 Å². The van der Waals surface area contributed by atoms with E-state index < -0.39 is 0 Å². The van der Waals surface area contributed by atoms with Crippen molar-refractivity contribution >= 4 is 21.5 Å². The minimum atomic E-state index is -0.0911. The third kappa shape index (κ3) is 5.17. The average Bonchev–Trinajstić information content (AvgIpc) is 2.97. The highest BCUT2D eigenvalue weighted by atomic mass is 16.5. The maximum atomic E-state index is 6.51. The summed E-state index contributed by atoms with van der Waals surface area (Å²) in [6, 6.07) is 39.1. The lowest BCUT2D eigenvalue weighted by Crippen LogP contribution is -2.41. The number of benzene rings is 5. The van der Waals surface area contributed by atoms with E-state index in [1.165, 1.54) is 43.8 Å². The van der Waals surface area contributed by atoms with Crippen LogP contribution in [-0.2, 0) is 16.1 Å². The first-order valence-corrected chi connectivity index (χ1v) is 13.2. The fourth-order valence-corrected chi connectivity index (χ4v) is 5.67. The SMILES string of the molecule is COC(c1ccc(C2CCNCC2OCc2ccc3ccccc3c2)cc1)c1ccc2ccccc2c1. The number of rotatable bonds is 7. The van der Waals surface area contributed by atoms with Gasteiger partial charge in [-0.25, -0.2) is 0 Å². The van der Waals surface area contributed by atoms with Gasteiger partial charge in [0, 0.05) is 19.6 Å². The Morgan fingerprint density at radius 2 is 1.38 bits per heavy atom. The van der Waals surface area contributed by atoms with E-state index in [9.17, 15) is 0 Å². The normalized spacial score (nSPS) is 18.7. The first-order valence-electron chi connectivity index (χ1n) is 13.2. The molecule has 37 heavy (non-hydrogen) atoms. The molecule has 0 bridgehead atoms. The molecule has 1 fully saturated rings. The van der Waals surface area contributed by atoms with Crippen LogP contribution in [0.3, 0.4) is 0 Å². The van der Waals surface area contributed by atoms with Crippen LogP contribution in [0.1, 0.15) is 40.7 Å². The van der Waals surface area contributed by atoms with Crippen LogP contribution in [0, 0.1) is 0 Å². The molecule has 6 rings (SSSR count). The second kappa shape index (κ2) is 10.9. The van der Waals surface area contributed by atoms with Crippen LogP contribution in [0.4, 0.5) is 0 Å². The van der Waals surface area contributed by atoms with E-state index in [4.69, 9.17) is 9.47 Å². The highest BCUT2D eigenvalue weighted by molar-refractivity contribution is 5.83. The third-order valence-corrected chi connectivity index (χ3v) is 7.68. The van der Waals surface area contributed by atoms with E-state index in [2.05, 4.69) is 115 Å². The maximum absolute atomic E-state index is 6.51. The smallest absolute Gasteiger partial charge is 0.107 e. The Kier molecular flexibility index (Phi) is 7.00. The molecule has 0 spiro atoms. The van der Waals surface area contributed by atoms with Crippen LogP contribution < -0.4 is 5.32 Å². The van der Waals surface area contributed by atoms with Gasteiger partial charge in [-0.05, 0) is 68.9 Å². The van der Waals surface area contributed by atoms with Crippen LogP contribution in [0.5, 0.6) is 0 Å². The molecule has 1 N–H and O–H groups in total. The van der Waals surface area contributed by atoms with Crippen LogP contribution in [0.25, 0.3) is 21.5 Å². The van der Waals surface area contributed by atoms with Crippen molar-refractivity contribution < 1.29 is 9.47 Å². The molecule has 1 heterocycles. The molecule has 0 amide bonds. The molecule has 186 valence electrons. The molecule has 0 radical (unpaired) electrons. The molecular weight excluding hydrogens is 454 g/mol. The Morgan fingerprint density at radius 3 is 2.11 bits per heavy atom. The summed E-state index contributed by atoms with van der Waals surface area (Å²) >= 11 is 0. The van der Waals surface area contributed by atoms with Crippen LogP contribution in [0.2, 0.25) is 0 Å². The lowest BCUT2D eigenvalue weighted by Gasteiger charge is -2.33. The molecule has 1 aliphatic rings. The standard InChI is InChI=1S/C34H33NO2/c1-36-34(31-17-12-26-7-3-5-9-30(26)21-31)28-15-13-27(14-16-28)32-18-19-35-22-33(32)37-23-24-10-11-25-6-2-4-8-29(25)20-24/h2-17,20-21,32-35H,18-19,22-23H2,1H3. The molecule has 3 nitrogen and oxygen atoms in total. The molecule has 3 heteroatoms. The molecule has 5 aromatic carbocycles. The Labute approximate surface area is 219 Å². The van der Waals surface area contributed by atoms with E-state index in [-0.39, 0.29) is 12.2 Å². The zero-order chi connectivity index (χ0) is 25.0. The largest absolute Gasteiger partial charge is 0.372 e. The number of fused-ring (bicyclic) bond motifs is 2. The maximum Gasteiger partial charge on any atom is 0.107 e. The van der Waals surface area contributed by atoms with Crippen molar-refractivity contribution in [1.29, 1.82) is 0 Å². The first-order chi connectivity index (χ1) is 18.3. The predicted molar refractivity (Wildman–Crippen MR) is 152 cm³/mol. The van der Waals surface area contributed by atoms with E-state index in [1.807, 2.05) is 0 Å². The minimum absolute atomic E-state index is 0.0911. The van der Waals surface area contributed by atoms with E-state index >= 15 is 0 Å².